The van der Waals surface area contributed by atoms with Crippen LogP contribution in [-0.4, -0.2) is 48.6 Å². The Morgan fingerprint density at radius 3 is 2.63 bits per heavy atom. The fraction of sp³-hybridized carbons (Fsp3) is 0.300. The van der Waals surface area contributed by atoms with Crippen LogP contribution < -0.4 is 10.2 Å². The van der Waals surface area contributed by atoms with Gasteiger partial charge in [0.2, 0.25) is 5.91 Å². The first-order valence-corrected chi connectivity index (χ1v) is 10.3. The quantitative estimate of drug-likeness (QED) is 0.832. The molecule has 0 unspecified atom stereocenters. The van der Waals surface area contributed by atoms with Gasteiger partial charge in [-0.3, -0.25) is 9.59 Å². The van der Waals surface area contributed by atoms with Crippen molar-refractivity contribution in [1.82, 2.24) is 4.90 Å². The van der Waals surface area contributed by atoms with E-state index in [1.54, 1.807) is 17.8 Å². The van der Waals surface area contributed by atoms with Crippen LogP contribution in [-0.2, 0) is 4.79 Å². The number of piperazine rings is 1. The SMILES string of the molecule is O=C1CCSc2ccc(C(=O)N3CCN(c4ccccc4Cl)CC3)cc2N1. The number of amides is 2. The van der Waals surface area contributed by atoms with Gasteiger partial charge >= 0.3 is 0 Å². The van der Waals surface area contributed by atoms with Crippen molar-refractivity contribution in [2.24, 2.45) is 0 Å². The maximum Gasteiger partial charge on any atom is 0.254 e. The number of nitrogens with one attached hydrogen (secondary N) is 1. The third-order valence-corrected chi connectivity index (χ3v) is 6.24. The van der Waals surface area contributed by atoms with Gasteiger partial charge in [0.25, 0.3) is 5.91 Å². The van der Waals surface area contributed by atoms with E-state index in [4.69, 9.17) is 11.6 Å². The number of carbonyl (C=O) groups is 2. The molecule has 0 spiro atoms. The molecule has 1 saturated heterocycles. The summed E-state index contributed by atoms with van der Waals surface area (Å²) >= 11 is 7.93. The molecule has 2 aromatic rings. The Morgan fingerprint density at radius 1 is 1.07 bits per heavy atom. The molecule has 7 heteroatoms. The number of carbonyl (C=O) groups excluding carboxylic acids is 2. The molecule has 0 bridgehead atoms. The second-order valence-corrected chi connectivity index (χ2v) is 8.13. The first-order valence-electron chi connectivity index (χ1n) is 8.97. The molecular weight excluding hydrogens is 382 g/mol. The number of nitrogens with zero attached hydrogens (tertiary/aromatic N) is 2. The fourth-order valence-corrected chi connectivity index (χ4v) is 4.59. The van der Waals surface area contributed by atoms with Gasteiger partial charge in [-0.1, -0.05) is 23.7 Å². The van der Waals surface area contributed by atoms with Crippen molar-refractivity contribution in [2.75, 3.05) is 42.1 Å². The number of hydrogen-bond acceptors (Lipinski definition) is 4. The third kappa shape index (κ3) is 3.92. The first-order chi connectivity index (χ1) is 13.1. The number of para-hydroxylation sites is 1. The van der Waals surface area contributed by atoms with E-state index in [0.717, 1.165) is 40.1 Å². The molecule has 0 radical (unpaired) electrons. The zero-order valence-corrected chi connectivity index (χ0v) is 16.4. The summed E-state index contributed by atoms with van der Waals surface area (Å²) in [5.74, 6) is 0.759. The van der Waals surface area contributed by atoms with Gasteiger partial charge in [-0.15, -0.1) is 11.8 Å². The lowest BCUT2D eigenvalue weighted by Crippen LogP contribution is -2.48. The Hall–Kier alpha value is -2.18. The van der Waals surface area contributed by atoms with Crippen LogP contribution in [0, 0.1) is 0 Å². The summed E-state index contributed by atoms with van der Waals surface area (Å²) in [7, 11) is 0. The molecule has 4 rings (SSSR count). The lowest BCUT2D eigenvalue weighted by molar-refractivity contribution is -0.115. The van der Waals surface area contributed by atoms with E-state index >= 15 is 0 Å². The molecule has 0 aromatic heterocycles. The molecule has 2 amide bonds. The minimum Gasteiger partial charge on any atom is -0.367 e. The van der Waals surface area contributed by atoms with Crippen molar-refractivity contribution in [2.45, 2.75) is 11.3 Å². The van der Waals surface area contributed by atoms with E-state index in [-0.39, 0.29) is 11.8 Å². The monoisotopic (exact) mass is 401 g/mol. The summed E-state index contributed by atoms with van der Waals surface area (Å²) in [6.45, 7) is 2.77. The third-order valence-electron chi connectivity index (χ3n) is 4.85. The van der Waals surface area contributed by atoms with Gasteiger partial charge in [-0.25, -0.2) is 0 Å². The zero-order chi connectivity index (χ0) is 18.8. The minimum absolute atomic E-state index is 0.0000968. The molecule has 140 valence electrons. The van der Waals surface area contributed by atoms with Gasteiger partial charge in [0, 0.05) is 48.8 Å². The first kappa shape index (κ1) is 18.2. The van der Waals surface area contributed by atoms with Crippen molar-refractivity contribution in [3.05, 3.63) is 53.1 Å². The molecule has 2 aromatic carbocycles. The van der Waals surface area contributed by atoms with E-state index < -0.39 is 0 Å². The number of rotatable bonds is 2. The highest BCUT2D eigenvalue weighted by molar-refractivity contribution is 7.99. The van der Waals surface area contributed by atoms with Crippen molar-refractivity contribution in [3.63, 3.8) is 0 Å². The summed E-state index contributed by atoms with van der Waals surface area (Å²) < 4.78 is 0. The Balaban J connectivity index is 1.45. The van der Waals surface area contributed by atoms with Crippen LogP contribution in [0.15, 0.2) is 47.4 Å². The Labute approximate surface area is 167 Å². The number of thioether (sulfide) groups is 1. The molecule has 1 N–H and O–H groups in total. The van der Waals surface area contributed by atoms with E-state index in [1.807, 2.05) is 41.3 Å². The average molecular weight is 402 g/mol. The van der Waals surface area contributed by atoms with Crippen LogP contribution in [0.5, 0.6) is 0 Å². The van der Waals surface area contributed by atoms with Gasteiger partial charge in [0.15, 0.2) is 0 Å². The Morgan fingerprint density at radius 2 is 1.85 bits per heavy atom. The number of fused-ring (bicyclic) bond motifs is 1. The number of anilines is 2. The maximum absolute atomic E-state index is 12.9. The molecule has 1 fully saturated rings. The lowest BCUT2D eigenvalue weighted by Gasteiger charge is -2.36. The second-order valence-electron chi connectivity index (χ2n) is 6.59. The van der Waals surface area contributed by atoms with Crippen LogP contribution in [0.25, 0.3) is 0 Å². The summed E-state index contributed by atoms with van der Waals surface area (Å²) in [6, 6.07) is 13.4. The van der Waals surface area contributed by atoms with Crippen LogP contribution >= 0.6 is 23.4 Å². The highest BCUT2D eigenvalue weighted by Crippen LogP contribution is 2.32. The fourth-order valence-electron chi connectivity index (χ4n) is 3.39. The summed E-state index contributed by atoms with van der Waals surface area (Å²) in [5, 5.41) is 3.63. The summed E-state index contributed by atoms with van der Waals surface area (Å²) in [4.78, 5) is 29.8. The number of halogens is 1. The van der Waals surface area contributed by atoms with Gasteiger partial charge in [-0.05, 0) is 30.3 Å². The predicted octanol–water partition coefficient (Wildman–Crippen LogP) is 3.74. The molecule has 5 nitrogen and oxygen atoms in total. The van der Waals surface area contributed by atoms with Crippen LogP contribution in [0.2, 0.25) is 5.02 Å². The smallest absolute Gasteiger partial charge is 0.254 e. The molecule has 0 saturated carbocycles. The van der Waals surface area contributed by atoms with Crippen molar-refractivity contribution in [3.8, 4) is 0 Å². The predicted molar refractivity (Wildman–Crippen MR) is 110 cm³/mol. The number of benzene rings is 2. The molecule has 0 atom stereocenters. The zero-order valence-electron chi connectivity index (χ0n) is 14.8. The van der Waals surface area contributed by atoms with Gasteiger partial charge < -0.3 is 15.1 Å². The molecule has 0 aliphatic carbocycles. The normalized spacial score (nSPS) is 17.1. The Bertz CT molecular complexity index is 881. The summed E-state index contributed by atoms with van der Waals surface area (Å²) in [5.41, 5.74) is 2.36. The molecule has 2 heterocycles. The second kappa shape index (κ2) is 7.82. The van der Waals surface area contributed by atoms with E-state index in [2.05, 4.69) is 10.2 Å². The van der Waals surface area contributed by atoms with Gasteiger partial charge in [0.05, 0.1) is 16.4 Å². The van der Waals surface area contributed by atoms with Crippen LogP contribution in [0.3, 0.4) is 0 Å². The maximum atomic E-state index is 12.9. The topological polar surface area (TPSA) is 52.7 Å². The van der Waals surface area contributed by atoms with Crippen molar-refractivity contribution < 1.29 is 9.59 Å². The highest BCUT2D eigenvalue weighted by Gasteiger charge is 2.24. The van der Waals surface area contributed by atoms with Crippen molar-refractivity contribution in [1.29, 1.82) is 0 Å². The molecular formula is C20H20ClN3O2S. The standard InChI is InChI=1S/C20H20ClN3O2S/c21-15-3-1-2-4-17(15)23-8-10-24(11-9-23)20(26)14-5-6-18-16(13-14)22-19(25)7-12-27-18/h1-6,13H,7-12H2,(H,22,25). The van der Waals surface area contributed by atoms with E-state index in [9.17, 15) is 9.59 Å². The minimum atomic E-state index is -0.000738. The Kier molecular flexibility index (Phi) is 5.27. The largest absolute Gasteiger partial charge is 0.367 e. The molecule has 27 heavy (non-hydrogen) atoms. The van der Waals surface area contributed by atoms with Gasteiger partial charge in [-0.2, -0.15) is 0 Å². The van der Waals surface area contributed by atoms with E-state index in [0.29, 0.717) is 25.1 Å². The van der Waals surface area contributed by atoms with Crippen LogP contribution in [0.1, 0.15) is 16.8 Å². The van der Waals surface area contributed by atoms with Crippen LogP contribution in [0.4, 0.5) is 11.4 Å². The lowest BCUT2D eigenvalue weighted by atomic mass is 10.1. The van der Waals surface area contributed by atoms with E-state index in [1.165, 1.54) is 0 Å². The summed E-state index contributed by atoms with van der Waals surface area (Å²) in [6.07, 6.45) is 0.493. The van der Waals surface area contributed by atoms with Gasteiger partial charge in [0.1, 0.15) is 0 Å². The van der Waals surface area contributed by atoms with Crippen molar-refractivity contribution >= 4 is 46.6 Å². The highest BCUT2D eigenvalue weighted by atomic mass is 35.5. The molecule has 2 aliphatic heterocycles. The average Bonchev–Trinajstić information content (AvgIpc) is 2.88. The number of hydrogen-bond donors (Lipinski definition) is 1. The molecule has 2 aliphatic rings.